The minimum Gasteiger partial charge on any atom is -0.497 e. The highest BCUT2D eigenvalue weighted by atomic mass is 32.1. The monoisotopic (exact) mass is 280 g/mol. The highest BCUT2D eigenvalue weighted by Crippen LogP contribution is 2.35. The molecule has 1 aromatic heterocycles. The third-order valence-electron chi connectivity index (χ3n) is 2.79. The number of benzene rings is 1. The van der Waals surface area contributed by atoms with Crippen molar-refractivity contribution < 1.29 is 18.7 Å². The Morgan fingerprint density at radius 1 is 1.32 bits per heavy atom. The fourth-order valence-corrected chi connectivity index (χ4v) is 2.83. The van der Waals surface area contributed by atoms with Crippen molar-refractivity contribution in [3.05, 3.63) is 39.8 Å². The molecule has 1 aromatic carbocycles. The van der Waals surface area contributed by atoms with E-state index < -0.39 is 11.8 Å². The molecule has 0 amide bonds. The lowest BCUT2D eigenvalue weighted by Gasteiger charge is -2.08. The molecule has 0 atom stereocenters. The number of ether oxygens (including phenoxy) is 2. The summed E-state index contributed by atoms with van der Waals surface area (Å²) in [5.41, 5.74) is 1.80. The van der Waals surface area contributed by atoms with E-state index in [0.717, 1.165) is 5.56 Å². The summed E-state index contributed by atoms with van der Waals surface area (Å²) in [7, 11) is 2.79. The number of methoxy groups -OCH3 is 2. The van der Waals surface area contributed by atoms with E-state index in [9.17, 15) is 9.18 Å². The first kappa shape index (κ1) is 13.5. The summed E-state index contributed by atoms with van der Waals surface area (Å²) in [4.78, 5) is 12.1. The molecular formula is C14H13FO3S. The number of aryl methyl sites for hydroxylation is 1. The topological polar surface area (TPSA) is 35.5 Å². The molecule has 0 spiro atoms. The number of carbonyl (C=O) groups excluding carboxylic acids is 1. The van der Waals surface area contributed by atoms with Crippen LogP contribution in [0.15, 0.2) is 23.6 Å². The van der Waals surface area contributed by atoms with Gasteiger partial charge in [0, 0.05) is 17.2 Å². The van der Waals surface area contributed by atoms with Gasteiger partial charge in [0.25, 0.3) is 0 Å². The van der Waals surface area contributed by atoms with Crippen LogP contribution in [-0.4, -0.2) is 20.2 Å². The van der Waals surface area contributed by atoms with E-state index in [0.29, 0.717) is 21.8 Å². The quantitative estimate of drug-likeness (QED) is 0.805. The van der Waals surface area contributed by atoms with Gasteiger partial charge in [0.05, 0.1) is 14.2 Å². The van der Waals surface area contributed by atoms with Crippen molar-refractivity contribution >= 4 is 17.3 Å². The molecule has 2 aromatic rings. The average Bonchev–Trinajstić information content (AvgIpc) is 2.79. The Morgan fingerprint density at radius 3 is 2.63 bits per heavy atom. The van der Waals surface area contributed by atoms with Gasteiger partial charge in [-0.2, -0.15) is 0 Å². The molecule has 5 heteroatoms. The van der Waals surface area contributed by atoms with Crippen LogP contribution in [0.2, 0.25) is 0 Å². The van der Waals surface area contributed by atoms with Crippen LogP contribution in [0.4, 0.5) is 4.39 Å². The Kier molecular flexibility index (Phi) is 3.85. The average molecular weight is 280 g/mol. The van der Waals surface area contributed by atoms with Gasteiger partial charge in [-0.1, -0.05) is 0 Å². The van der Waals surface area contributed by atoms with Crippen LogP contribution in [0, 0.1) is 12.7 Å². The van der Waals surface area contributed by atoms with Gasteiger partial charge < -0.3 is 9.47 Å². The van der Waals surface area contributed by atoms with Gasteiger partial charge in [0.15, 0.2) is 0 Å². The van der Waals surface area contributed by atoms with Crippen LogP contribution in [0.1, 0.15) is 15.2 Å². The molecule has 0 aliphatic heterocycles. The number of hydrogen-bond acceptors (Lipinski definition) is 4. The molecule has 19 heavy (non-hydrogen) atoms. The van der Waals surface area contributed by atoms with Gasteiger partial charge in [-0.05, 0) is 30.0 Å². The Bertz CT molecular complexity index is 619. The number of thiophene rings is 1. The lowest BCUT2D eigenvalue weighted by molar-refractivity contribution is 0.0607. The number of esters is 1. The molecule has 0 N–H and O–H groups in total. The van der Waals surface area contributed by atoms with Gasteiger partial charge in [-0.3, -0.25) is 0 Å². The second-order valence-corrected chi connectivity index (χ2v) is 4.84. The van der Waals surface area contributed by atoms with Gasteiger partial charge in [0.1, 0.15) is 16.4 Å². The predicted octanol–water partition coefficient (Wildman–Crippen LogP) is 3.66. The summed E-state index contributed by atoms with van der Waals surface area (Å²) in [6.45, 7) is 1.84. The Morgan fingerprint density at radius 2 is 2.05 bits per heavy atom. The minimum atomic E-state index is -0.455. The Balaban J connectivity index is 2.58. The highest BCUT2D eigenvalue weighted by Gasteiger charge is 2.20. The van der Waals surface area contributed by atoms with Crippen molar-refractivity contribution in [1.82, 2.24) is 0 Å². The molecule has 0 radical (unpaired) electrons. The van der Waals surface area contributed by atoms with E-state index in [1.807, 2.05) is 12.3 Å². The van der Waals surface area contributed by atoms with E-state index >= 15 is 0 Å². The van der Waals surface area contributed by atoms with Gasteiger partial charge in [0.2, 0.25) is 0 Å². The second-order valence-electron chi connectivity index (χ2n) is 3.96. The Labute approximate surface area is 114 Å². The second kappa shape index (κ2) is 5.40. The lowest BCUT2D eigenvalue weighted by atomic mass is 10.0. The van der Waals surface area contributed by atoms with Crippen LogP contribution >= 0.6 is 11.3 Å². The predicted molar refractivity (Wildman–Crippen MR) is 72.3 cm³/mol. The van der Waals surface area contributed by atoms with Crippen molar-refractivity contribution in [2.45, 2.75) is 6.92 Å². The first-order valence-electron chi connectivity index (χ1n) is 5.58. The molecule has 0 saturated heterocycles. The van der Waals surface area contributed by atoms with Crippen molar-refractivity contribution in [2.75, 3.05) is 14.2 Å². The lowest BCUT2D eigenvalue weighted by Crippen LogP contribution is -2.01. The summed E-state index contributed by atoms with van der Waals surface area (Å²) >= 11 is 1.25. The molecular weight excluding hydrogens is 267 g/mol. The zero-order valence-corrected chi connectivity index (χ0v) is 11.6. The fraction of sp³-hybridized carbons (Fsp3) is 0.214. The number of halogens is 1. The zero-order chi connectivity index (χ0) is 14.0. The van der Waals surface area contributed by atoms with Gasteiger partial charge in [-0.25, -0.2) is 9.18 Å². The van der Waals surface area contributed by atoms with Crippen LogP contribution in [0.25, 0.3) is 11.1 Å². The fourth-order valence-electron chi connectivity index (χ4n) is 1.85. The zero-order valence-electron chi connectivity index (χ0n) is 10.8. The van der Waals surface area contributed by atoms with Crippen LogP contribution in [-0.2, 0) is 4.74 Å². The van der Waals surface area contributed by atoms with Crippen LogP contribution in [0.3, 0.4) is 0 Å². The third-order valence-corrected chi connectivity index (χ3v) is 3.87. The highest BCUT2D eigenvalue weighted by molar-refractivity contribution is 7.12. The molecule has 0 aliphatic rings. The molecule has 2 rings (SSSR count). The normalized spacial score (nSPS) is 10.3. The first-order chi connectivity index (χ1) is 9.08. The minimum absolute atomic E-state index is 0.375. The van der Waals surface area contributed by atoms with E-state index in [1.165, 1.54) is 31.6 Å². The molecule has 0 unspecified atom stereocenters. The van der Waals surface area contributed by atoms with Crippen LogP contribution < -0.4 is 4.74 Å². The summed E-state index contributed by atoms with van der Waals surface area (Å²) in [6.07, 6.45) is 0. The van der Waals surface area contributed by atoms with Crippen molar-refractivity contribution in [1.29, 1.82) is 0 Å². The summed E-state index contributed by atoms with van der Waals surface area (Å²) in [6, 6.07) is 4.57. The number of hydrogen-bond donors (Lipinski definition) is 0. The molecule has 100 valence electrons. The first-order valence-corrected chi connectivity index (χ1v) is 6.46. The standard InChI is InChI=1S/C14H13FO3S/c1-8-7-19-13(14(16)18-3)12(8)10-5-4-9(17-2)6-11(10)15/h4-7H,1-3H3. The van der Waals surface area contributed by atoms with Gasteiger partial charge >= 0.3 is 5.97 Å². The molecule has 0 aliphatic carbocycles. The smallest absolute Gasteiger partial charge is 0.348 e. The number of rotatable bonds is 3. The van der Waals surface area contributed by atoms with Crippen molar-refractivity contribution in [3.8, 4) is 16.9 Å². The molecule has 0 saturated carbocycles. The van der Waals surface area contributed by atoms with Crippen molar-refractivity contribution in [3.63, 3.8) is 0 Å². The maximum absolute atomic E-state index is 14.1. The van der Waals surface area contributed by atoms with Crippen LogP contribution in [0.5, 0.6) is 5.75 Å². The van der Waals surface area contributed by atoms with E-state index in [-0.39, 0.29) is 0 Å². The molecule has 1 heterocycles. The molecule has 3 nitrogen and oxygen atoms in total. The maximum atomic E-state index is 14.1. The van der Waals surface area contributed by atoms with E-state index in [1.54, 1.807) is 12.1 Å². The molecule has 0 fully saturated rings. The Hall–Kier alpha value is -1.88. The maximum Gasteiger partial charge on any atom is 0.348 e. The van der Waals surface area contributed by atoms with Gasteiger partial charge in [-0.15, -0.1) is 11.3 Å². The summed E-state index contributed by atoms with van der Waals surface area (Å²) < 4.78 is 23.8. The largest absolute Gasteiger partial charge is 0.497 e. The SMILES string of the molecule is COC(=O)c1scc(C)c1-c1ccc(OC)cc1F. The van der Waals surface area contributed by atoms with E-state index in [4.69, 9.17) is 9.47 Å². The van der Waals surface area contributed by atoms with Crippen molar-refractivity contribution in [2.24, 2.45) is 0 Å². The number of carbonyl (C=O) groups is 1. The van der Waals surface area contributed by atoms with E-state index in [2.05, 4.69) is 0 Å². The summed E-state index contributed by atoms with van der Waals surface area (Å²) in [5.74, 6) is -0.442. The molecule has 0 bridgehead atoms. The third kappa shape index (κ3) is 2.46. The summed E-state index contributed by atoms with van der Waals surface area (Å²) in [5, 5.41) is 1.81.